The van der Waals surface area contributed by atoms with Crippen LogP contribution in [0.25, 0.3) is 0 Å². The van der Waals surface area contributed by atoms with Crippen molar-refractivity contribution < 1.29 is 38.9 Å². The smallest absolute Gasteiger partial charge is 0.410 e. The largest absolute Gasteiger partial charge is 0.490 e. The lowest BCUT2D eigenvalue weighted by Crippen LogP contribution is -2.54. The van der Waals surface area contributed by atoms with Crippen LogP contribution < -0.4 is 4.74 Å². The quantitative estimate of drug-likeness (QED) is 0.363. The average Bonchev–Trinajstić information content (AvgIpc) is 3.67. The summed E-state index contributed by atoms with van der Waals surface area (Å²) in [5.41, 5.74) is 0.0864. The number of fused-ring (bicyclic) bond motifs is 2. The summed E-state index contributed by atoms with van der Waals surface area (Å²) in [6, 6.07) is 5.02. The second-order valence-electron chi connectivity index (χ2n) is 14.3. The fraction of sp³-hybridized carbons (Fsp3) is 0.697. The van der Waals surface area contributed by atoms with Crippen molar-refractivity contribution in [2.24, 2.45) is 5.92 Å². The van der Waals surface area contributed by atoms with Gasteiger partial charge in [0.05, 0.1) is 5.54 Å². The van der Waals surface area contributed by atoms with Gasteiger partial charge in [-0.25, -0.2) is 9.59 Å². The highest BCUT2D eigenvalue weighted by Crippen LogP contribution is 2.58. The molecule has 242 valence electrons. The molecule has 1 spiro atoms. The van der Waals surface area contributed by atoms with Crippen molar-refractivity contribution in [3.8, 4) is 5.75 Å². The number of hydrogen-bond donors (Lipinski definition) is 2. The lowest BCUT2D eigenvalue weighted by molar-refractivity contribution is -0.144. The van der Waals surface area contributed by atoms with Crippen LogP contribution in [0.2, 0.25) is 0 Å². The van der Waals surface area contributed by atoms with E-state index >= 15 is 0 Å². The molecule has 11 nitrogen and oxygen atoms in total. The van der Waals surface area contributed by atoms with Crippen molar-refractivity contribution in [3.05, 3.63) is 29.3 Å². The number of aliphatic carboxylic acids is 2. The van der Waals surface area contributed by atoms with Crippen molar-refractivity contribution >= 4 is 23.9 Å². The Morgan fingerprint density at radius 1 is 1.09 bits per heavy atom. The molecule has 0 bridgehead atoms. The van der Waals surface area contributed by atoms with Gasteiger partial charge in [0.1, 0.15) is 23.5 Å². The monoisotopic (exact) mass is 613 g/mol. The van der Waals surface area contributed by atoms with Crippen LogP contribution in [0, 0.1) is 5.92 Å². The summed E-state index contributed by atoms with van der Waals surface area (Å²) in [7, 11) is 0. The highest BCUT2D eigenvalue weighted by Gasteiger charge is 2.61. The summed E-state index contributed by atoms with van der Waals surface area (Å²) in [6.45, 7) is 12.5. The fourth-order valence-electron chi connectivity index (χ4n) is 7.12. The number of ether oxygens (including phenoxy) is 2. The first-order chi connectivity index (χ1) is 20.7. The minimum absolute atomic E-state index is 0.0546. The van der Waals surface area contributed by atoms with Crippen LogP contribution in [0.15, 0.2) is 18.2 Å². The van der Waals surface area contributed by atoms with E-state index in [0.29, 0.717) is 55.2 Å². The summed E-state index contributed by atoms with van der Waals surface area (Å²) in [5, 5.41) is 19.0. The Hall–Kier alpha value is -3.34. The van der Waals surface area contributed by atoms with Crippen molar-refractivity contribution in [2.75, 3.05) is 19.6 Å². The van der Waals surface area contributed by atoms with Crippen molar-refractivity contribution in [2.45, 2.75) is 121 Å². The molecule has 0 aromatic heterocycles. The van der Waals surface area contributed by atoms with E-state index < -0.39 is 29.1 Å². The Kier molecular flexibility index (Phi) is 8.90. The Balaban J connectivity index is 1.16. The molecule has 2 heterocycles. The molecule has 11 heteroatoms. The van der Waals surface area contributed by atoms with Gasteiger partial charge in [-0.2, -0.15) is 0 Å². The maximum Gasteiger partial charge on any atom is 0.410 e. The summed E-state index contributed by atoms with van der Waals surface area (Å²) in [4.78, 5) is 54.8. The van der Waals surface area contributed by atoms with Crippen LogP contribution in [-0.2, 0) is 19.9 Å². The van der Waals surface area contributed by atoms with Gasteiger partial charge in [0.25, 0.3) is 5.91 Å². The molecule has 5 rings (SSSR count). The molecule has 1 aromatic carbocycles. The van der Waals surface area contributed by atoms with E-state index in [-0.39, 0.29) is 30.9 Å². The van der Waals surface area contributed by atoms with Crippen LogP contribution in [-0.4, -0.2) is 98.3 Å². The number of benzene rings is 1. The highest BCUT2D eigenvalue weighted by molar-refractivity contribution is 6.03. The molecular weight excluding hydrogens is 566 g/mol. The van der Waals surface area contributed by atoms with E-state index in [9.17, 15) is 24.3 Å². The minimum Gasteiger partial charge on any atom is -0.490 e. The lowest BCUT2D eigenvalue weighted by Gasteiger charge is -2.46. The van der Waals surface area contributed by atoms with E-state index in [1.54, 1.807) is 12.1 Å². The second-order valence-corrected chi connectivity index (χ2v) is 14.3. The Labute approximate surface area is 259 Å². The van der Waals surface area contributed by atoms with Crippen LogP contribution in [0.5, 0.6) is 5.75 Å². The number of carboxylic acids is 2. The minimum atomic E-state index is -1.18. The first-order valence-corrected chi connectivity index (χ1v) is 16.0. The first-order valence-electron chi connectivity index (χ1n) is 16.0. The number of likely N-dealkylation sites (tertiary alicyclic amines) is 1. The Morgan fingerprint density at radius 2 is 1.75 bits per heavy atom. The Bertz CT molecular complexity index is 1270. The third-order valence-electron chi connectivity index (χ3n) is 9.59. The predicted octanol–water partition coefficient (Wildman–Crippen LogP) is 4.72. The SMILES string of the molecule is CC(C)N(CC1CCN(C(=O)OC(C)(C)C)CC1)[C@H]1C[C@H](Oc2ccc3c(c2)C2(CC2)N(C(CCC(=O)O)C(=O)O)C3=O)C1. The standard InChI is InChI=1S/C33H47N3O8/c1-20(2)35(19-21-10-14-34(15-11-21)31(42)44-32(3,4)5)22-16-24(17-22)43-23-6-7-25-26(18-23)33(12-13-33)36(29(25)39)27(30(40)41)8-9-28(37)38/h6-7,18,20-22,24,27H,8-17,19H2,1-5H3,(H,37,38)(H,40,41)/t22-,24-,27?. The van der Waals surface area contributed by atoms with E-state index in [4.69, 9.17) is 14.6 Å². The number of carbonyl (C=O) groups excluding carboxylic acids is 2. The highest BCUT2D eigenvalue weighted by atomic mass is 16.6. The average molecular weight is 614 g/mol. The van der Waals surface area contributed by atoms with Gasteiger partial charge in [0, 0.05) is 56.5 Å². The van der Waals surface area contributed by atoms with Crippen molar-refractivity contribution in [1.29, 1.82) is 0 Å². The molecule has 2 amide bonds. The van der Waals surface area contributed by atoms with Gasteiger partial charge in [-0.3, -0.25) is 14.5 Å². The van der Waals surface area contributed by atoms with E-state index in [1.165, 1.54) is 4.90 Å². The maximum atomic E-state index is 13.3. The number of hydrogen-bond acceptors (Lipinski definition) is 7. The predicted molar refractivity (Wildman–Crippen MR) is 162 cm³/mol. The van der Waals surface area contributed by atoms with E-state index in [1.807, 2.05) is 31.7 Å². The molecular formula is C33H47N3O8. The molecule has 1 unspecified atom stereocenters. The van der Waals surface area contributed by atoms with Gasteiger partial charge < -0.3 is 29.5 Å². The molecule has 1 aromatic rings. The second kappa shape index (κ2) is 12.2. The van der Waals surface area contributed by atoms with Crippen LogP contribution >= 0.6 is 0 Å². The maximum absolute atomic E-state index is 13.3. The van der Waals surface area contributed by atoms with Crippen LogP contribution in [0.3, 0.4) is 0 Å². The molecule has 3 fully saturated rings. The van der Waals surface area contributed by atoms with Gasteiger partial charge in [0.2, 0.25) is 0 Å². The molecule has 4 aliphatic rings. The molecule has 0 radical (unpaired) electrons. The zero-order valence-electron chi connectivity index (χ0n) is 26.6. The lowest BCUT2D eigenvalue weighted by atomic mass is 9.85. The number of carboxylic acid groups (broad SMARTS) is 2. The van der Waals surface area contributed by atoms with E-state index in [0.717, 1.165) is 37.8 Å². The summed E-state index contributed by atoms with van der Waals surface area (Å²) in [6.07, 6.45) is 4.40. The first kappa shape index (κ1) is 32.1. The molecule has 2 aliphatic carbocycles. The summed E-state index contributed by atoms with van der Waals surface area (Å²) < 4.78 is 11.9. The third kappa shape index (κ3) is 6.67. The van der Waals surface area contributed by atoms with Crippen LogP contribution in [0.1, 0.15) is 102 Å². The van der Waals surface area contributed by atoms with Crippen LogP contribution in [0.4, 0.5) is 4.79 Å². The molecule has 2 saturated carbocycles. The normalized spacial score (nSPS) is 23.5. The van der Waals surface area contributed by atoms with Gasteiger partial charge in [-0.05, 0) is 96.4 Å². The number of carbonyl (C=O) groups is 4. The van der Waals surface area contributed by atoms with Gasteiger partial charge in [-0.15, -0.1) is 0 Å². The third-order valence-corrected chi connectivity index (χ3v) is 9.59. The number of piperidine rings is 1. The zero-order valence-corrected chi connectivity index (χ0v) is 26.6. The molecule has 1 atom stereocenters. The Morgan fingerprint density at radius 3 is 2.30 bits per heavy atom. The van der Waals surface area contributed by atoms with E-state index in [2.05, 4.69) is 18.7 Å². The van der Waals surface area contributed by atoms with Crippen molar-refractivity contribution in [1.82, 2.24) is 14.7 Å². The van der Waals surface area contributed by atoms with Gasteiger partial charge in [0.15, 0.2) is 0 Å². The summed E-state index contributed by atoms with van der Waals surface area (Å²) >= 11 is 0. The fourth-order valence-corrected chi connectivity index (χ4v) is 7.12. The molecule has 1 saturated heterocycles. The number of nitrogens with zero attached hydrogens (tertiary/aromatic N) is 3. The molecule has 44 heavy (non-hydrogen) atoms. The number of amides is 2. The summed E-state index contributed by atoms with van der Waals surface area (Å²) in [5.74, 6) is -1.42. The van der Waals surface area contributed by atoms with Gasteiger partial charge in [-0.1, -0.05) is 0 Å². The topological polar surface area (TPSA) is 137 Å². The van der Waals surface area contributed by atoms with Crippen molar-refractivity contribution in [3.63, 3.8) is 0 Å². The molecule has 2 aliphatic heterocycles. The zero-order chi connectivity index (χ0) is 32.0. The number of rotatable bonds is 11. The molecule has 2 N–H and O–H groups in total. The van der Waals surface area contributed by atoms with Gasteiger partial charge >= 0.3 is 18.0 Å².